The number of carbonyl (C=O) groups excluding carboxylic acids is 1. The van der Waals surface area contributed by atoms with E-state index in [-0.39, 0.29) is 5.78 Å². The summed E-state index contributed by atoms with van der Waals surface area (Å²) in [6.07, 6.45) is 1.25. The Balaban J connectivity index is 4.30. The molecule has 0 aliphatic rings. The van der Waals surface area contributed by atoms with Crippen molar-refractivity contribution in [2.24, 2.45) is 0 Å². The van der Waals surface area contributed by atoms with E-state index in [4.69, 9.17) is 0 Å². The number of rotatable bonds is 5. The maximum atomic E-state index is 11.5. The van der Waals surface area contributed by atoms with Gasteiger partial charge < -0.3 is 9.59 Å². The van der Waals surface area contributed by atoms with E-state index in [2.05, 4.69) is 0 Å². The van der Waals surface area contributed by atoms with Crippen molar-refractivity contribution in [2.45, 2.75) is 23.4 Å². The Kier molecular flexibility index (Phi) is 4.82. The molecule has 0 saturated heterocycles. The molecule has 0 bridgehead atoms. The van der Waals surface area contributed by atoms with Crippen LogP contribution in [0.15, 0.2) is 0 Å². The molecule has 0 saturated carbocycles. The number of halogens is 1. The van der Waals surface area contributed by atoms with Gasteiger partial charge >= 0.3 is 0 Å². The van der Waals surface area contributed by atoms with Crippen LogP contribution >= 0.6 is 22.6 Å². The number of hydrogen-bond donors (Lipinski definition) is 1. The standard InChI is InChI=1S/C9H19INO2/c1-5-6-8(12)9(10,13)7-11(2,3)4/h13H,5-7H2,1-4H3/q+1. The van der Waals surface area contributed by atoms with Crippen molar-refractivity contribution in [2.75, 3.05) is 27.7 Å². The Hall–Kier alpha value is 0.320. The maximum Gasteiger partial charge on any atom is 0.223 e. The molecule has 0 spiro atoms. The van der Waals surface area contributed by atoms with Crippen molar-refractivity contribution in [1.82, 2.24) is 0 Å². The Labute approximate surface area is 93.8 Å². The number of quaternary nitrogens is 1. The molecule has 0 heterocycles. The van der Waals surface area contributed by atoms with Gasteiger partial charge in [-0.15, -0.1) is 0 Å². The van der Waals surface area contributed by atoms with Crippen LogP contribution in [0, 0.1) is 0 Å². The van der Waals surface area contributed by atoms with E-state index in [1.165, 1.54) is 0 Å². The number of aliphatic hydroxyl groups is 1. The van der Waals surface area contributed by atoms with Crippen molar-refractivity contribution in [3.63, 3.8) is 0 Å². The smallest absolute Gasteiger partial charge is 0.223 e. The molecule has 3 nitrogen and oxygen atoms in total. The first-order valence-corrected chi connectivity index (χ1v) is 5.52. The summed E-state index contributed by atoms with van der Waals surface area (Å²) in [7, 11) is 5.88. The van der Waals surface area contributed by atoms with Gasteiger partial charge in [-0.05, 0) is 29.0 Å². The third-order valence-electron chi connectivity index (χ3n) is 1.59. The fourth-order valence-electron chi connectivity index (χ4n) is 1.14. The molecule has 13 heavy (non-hydrogen) atoms. The highest BCUT2D eigenvalue weighted by Gasteiger charge is 2.37. The topological polar surface area (TPSA) is 37.3 Å². The lowest BCUT2D eigenvalue weighted by Gasteiger charge is -2.30. The van der Waals surface area contributed by atoms with Gasteiger partial charge in [0.25, 0.3) is 0 Å². The van der Waals surface area contributed by atoms with Gasteiger partial charge in [0, 0.05) is 6.42 Å². The Bertz CT molecular complexity index is 185. The van der Waals surface area contributed by atoms with E-state index in [0.717, 1.165) is 6.42 Å². The minimum absolute atomic E-state index is 0.0661. The molecule has 1 atom stereocenters. The van der Waals surface area contributed by atoms with Gasteiger partial charge in [-0.3, -0.25) is 4.79 Å². The van der Waals surface area contributed by atoms with Crippen LogP contribution in [0.25, 0.3) is 0 Å². The van der Waals surface area contributed by atoms with E-state index in [9.17, 15) is 9.90 Å². The number of ketones is 1. The second-order valence-electron chi connectivity index (χ2n) is 4.38. The number of nitrogens with zero attached hydrogens (tertiary/aromatic N) is 1. The predicted octanol–water partition coefficient (Wildman–Crippen LogP) is 1.19. The van der Waals surface area contributed by atoms with Crippen molar-refractivity contribution >= 4 is 28.4 Å². The van der Waals surface area contributed by atoms with Crippen molar-refractivity contribution < 1.29 is 14.4 Å². The summed E-state index contributed by atoms with van der Waals surface area (Å²) >= 11 is 1.84. The third-order valence-corrected chi connectivity index (χ3v) is 2.53. The van der Waals surface area contributed by atoms with Crippen LogP contribution in [0.3, 0.4) is 0 Å². The van der Waals surface area contributed by atoms with Gasteiger partial charge in [-0.2, -0.15) is 0 Å². The Morgan fingerprint density at radius 3 is 2.23 bits per heavy atom. The van der Waals surface area contributed by atoms with Gasteiger partial charge in [-0.25, -0.2) is 0 Å². The van der Waals surface area contributed by atoms with E-state index in [1.807, 2.05) is 50.7 Å². The van der Waals surface area contributed by atoms with Crippen LogP contribution < -0.4 is 0 Å². The molecule has 78 valence electrons. The quantitative estimate of drug-likeness (QED) is 0.470. The zero-order valence-corrected chi connectivity index (χ0v) is 11.0. The van der Waals surface area contributed by atoms with E-state index < -0.39 is 3.61 Å². The second-order valence-corrected chi connectivity index (χ2v) is 6.17. The fraction of sp³-hybridized carbons (Fsp3) is 0.889. The summed E-state index contributed by atoms with van der Waals surface area (Å²) in [5.74, 6) is -0.0661. The van der Waals surface area contributed by atoms with Gasteiger partial charge in [-0.1, -0.05) is 6.92 Å². The van der Waals surface area contributed by atoms with Crippen LogP contribution in [0.4, 0.5) is 0 Å². The summed E-state index contributed by atoms with van der Waals surface area (Å²) in [5.41, 5.74) is 0. The van der Waals surface area contributed by atoms with Crippen LogP contribution in [0.5, 0.6) is 0 Å². The zero-order valence-electron chi connectivity index (χ0n) is 8.80. The largest absolute Gasteiger partial charge is 0.368 e. The molecular formula is C9H19INO2+. The Morgan fingerprint density at radius 1 is 1.46 bits per heavy atom. The summed E-state index contributed by atoms with van der Waals surface area (Å²) in [5, 5.41) is 9.87. The van der Waals surface area contributed by atoms with Crippen LogP contribution in [0.2, 0.25) is 0 Å². The average Bonchev–Trinajstić information content (AvgIpc) is 1.82. The first-order chi connectivity index (χ1) is 5.69. The van der Waals surface area contributed by atoms with Gasteiger partial charge in [0.15, 0.2) is 5.78 Å². The molecule has 4 heteroatoms. The molecule has 0 rings (SSSR count). The molecule has 0 aromatic carbocycles. The molecule has 0 radical (unpaired) electrons. The van der Waals surface area contributed by atoms with Crippen molar-refractivity contribution in [3.8, 4) is 0 Å². The second kappa shape index (κ2) is 4.70. The number of hydrogen-bond acceptors (Lipinski definition) is 2. The summed E-state index contributed by atoms with van der Waals surface area (Å²) < 4.78 is -0.610. The normalized spacial score (nSPS) is 16.8. The van der Waals surface area contributed by atoms with Gasteiger partial charge in [0.1, 0.15) is 6.54 Å². The lowest BCUT2D eigenvalue weighted by molar-refractivity contribution is -0.873. The van der Waals surface area contributed by atoms with Crippen LogP contribution in [-0.2, 0) is 4.79 Å². The lowest BCUT2D eigenvalue weighted by atomic mass is 10.1. The van der Waals surface area contributed by atoms with Gasteiger partial charge in [0.05, 0.1) is 21.1 Å². The molecule has 1 unspecified atom stereocenters. The van der Waals surface area contributed by atoms with E-state index in [0.29, 0.717) is 17.4 Å². The predicted molar refractivity (Wildman–Crippen MR) is 61.8 cm³/mol. The van der Waals surface area contributed by atoms with E-state index >= 15 is 0 Å². The highest BCUT2D eigenvalue weighted by Crippen LogP contribution is 2.21. The van der Waals surface area contributed by atoms with E-state index in [1.54, 1.807) is 0 Å². The first kappa shape index (κ1) is 13.3. The molecular weight excluding hydrogens is 281 g/mol. The highest BCUT2D eigenvalue weighted by atomic mass is 127. The molecule has 0 aromatic heterocycles. The maximum absolute atomic E-state index is 11.5. The lowest BCUT2D eigenvalue weighted by Crippen LogP contribution is -2.49. The minimum atomic E-state index is -1.20. The number of Topliss-reactive ketones (excluding diaryl/α,β-unsaturated/α-hetero) is 1. The Morgan fingerprint density at radius 2 is 1.92 bits per heavy atom. The first-order valence-electron chi connectivity index (χ1n) is 4.44. The molecule has 0 aliphatic carbocycles. The monoisotopic (exact) mass is 300 g/mol. The average molecular weight is 300 g/mol. The molecule has 1 N–H and O–H groups in total. The summed E-state index contributed by atoms with van der Waals surface area (Å²) in [6, 6.07) is 0. The molecule has 0 aromatic rings. The van der Waals surface area contributed by atoms with Crippen molar-refractivity contribution in [1.29, 1.82) is 0 Å². The van der Waals surface area contributed by atoms with Crippen LogP contribution in [-0.4, -0.2) is 46.7 Å². The highest BCUT2D eigenvalue weighted by molar-refractivity contribution is 14.1. The molecule has 0 fully saturated rings. The minimum Gasteiger partial charge on any atom is -0.368 e. The third kappa shape index (κ3) is 5.59. The number of carbonyl (C=O) groups is 1. The fourth-order valence-corrected chi connectivity index (χ4v) is 2.43. The number of likely N-dealkylation sites (N-methyl/N-ethyl adjacent to an activating group) is 1. The molecule has 0 amide bonds. The van der Waals surface area contributed by atoms with Crippen LogP contribution in [0.1, 0.15) is 19.8 Å². The summed E-state index contributed by atoms with van der Waals surface area (Å²) in [4.78, 5) is 11.5. The zero-order chi connectivity index (χ0) is 10.7. The number of alkyl halides is 1. The SMILES string of the molecule is CCCC(=O)C(O)(I)C[N+](C)(C)C. The summed E-state index contributed by atoms with van der Waals surface area (Å²) in [6.45, 7) is 2.39. The molecule has 0 aliphatic heterocycles. The van der Waals surface area contributed by atoms with Crippen molar-refractivity contribution in [3.05, 3.63) is 0 Å². The van der Waals surface area contributed by atoms with Gasteiger partial charge in [0.2, 0.25) is 3.61 Å².